The number of nitrogens with one attached hydrogen (secondary N) is 1. The van der Waals surface area contributed by atoms with Crippen molar-refractivity contribution in [1.82, 2.24) is 5.32 Å². The number of ether oxygens (including phenoxy) is 1. The van der Waals surface area contributed by atoms with Gasteiger partial charge in [-0.25, -0.2) is 9.18 Å². The zero-order valence-corrected chi connectivity index (χ0v) is 9.68. The van der Waals surface area contributed by atoms with Gasteiger partial charge in [0.05, 0.1) is 0 Å². The second-order valence-electron chi connectivity index (χ2n) is 5.10. The van der Waals surface area contributed by atoms with Gasteiger partial charge in [-0.2, -0.15) is 0 Å². The highest BCUT2D eigenvalue weighted by molar-refractivity contribution is 5.68. The maximum absolute atomic E-state index is 12.8. The molecular formula is C11H20FNO2. The van der Waals surface area contributed by atoms with Crippen LogP contribution in [0.2, 0.25) is 0 Å². The normalized spacial score (nSPS) is 27.2. The van der Waals surface area contributed by atoms with Gasteiger partial charge < -0.3 is 10.1 Å². The maximum atomic E-state index is 12.8. The molecule has 0 aromatic rings. The molecule has 0 unspecified atom stereocenters. The average Bonchev–Trinajstić information content (AvgIpc) is 2.05. The van der Waals surface area contributed by atoms with E-state index in [1.807, 2.05) is 20.8 Å². The number of amides is 1. The lowest BCUT2D eigenvalue weighted by molar-refractivity contribution is 0.0483. The average molecular weight is 217 g/mol. The van der Waals surface area contributed by atoms with Crippen LogP contribution in [-0.4, -0.2) is 23.9 Å². The molecule has 1 fully saturated rings. The van der Waals surface area contributed by atoms with Crippen LogP contribution in [0.15, 0.2) is 0 Å². The summed E-state index contributed by atoms with van der Waals surface area (Å²) in [5, 5.41) is 2.77. The van der Waals surface area contributed by atoms with Gasteiger partial charge >= 0.3 is 6.09 Å². The molecule has 0 saturated heterocycles. The standard InChI is InChI=1S/C11H20FNO2/c1-11(2,3)15-10(14)13-9-6-4-8(12)5-7-9/h8-9H,4-7H2,1-3H3,(H,13,14). The summed E-state index contributed by atoms with van der Waals surface area (Å²) >= 11 is 0. The largest absolute Gasteiger partial charge is 0.444 e. The fourth-order valence-electron chi connectivity index (χ4n) is 1.67. The van der Waals surface area contributed by atoms with Crippen molar-refractivity contribution in [3.8, 4) is 0 Å². The summed E-state index contributed by atoms with van der Waals surface area (Å²) in [6.07, 6.45) is 1.41. The predicted octanol–water partition coefficient (Wildman–Crippen LogP) is 2.79. The molecule has 1 rings (SSSR count). The van der Waals surface area contributed by atoms with E-state index in [0.717, 1.165) is 0 Å². The van der Waals surface area contributed by atoms with E-state index in [1.165, 1.54) is 0 Å². The lowest BCUT2D eigenvalue weighted by atomic mass is 9.94. The summed E-state index contributed by atoms with van der Waals surface area (Å²) in [5.74, 6) is 0. The molecule has 0 heterocycles. The van der Waals surface area contributed by atoms with Gasteiger partial charge in [0, 0.05) is 6.04 Å². The predicted molar refractivity (Wildman–Crippen MR) is 56.5 cm³/mol. The molecule has 1 aliphatic carbocycles. The molecule has 15 heavy (non-hydrogen) atoms. The van der Waals surface area contributed by atoms with E-state index in [2.05, 4.69) is 5.32 Å². The molecule has 0 aliphatic heterocycles. The fourth-order valence-corrected chi connectivity index (χ4v) is 1.67. The smallest absolute Gasteiger partial charge is 0.407 e. The third-order valence-electron chi connectivity index (χ3n) is 2.38. The van der Waals surface area contributed by atoms with E-state index >= 15 is 0 Å². The number of carbonyl (C=O) groups is 1. The van der Waals surface area contributed by atoms with Crippen molar-refractivity contribution in [3.05, 3.63) is 0 Å². The molecule has 1 N–H and O–H groups in total. The van der Waals surface area contributed by atoms with Crippen LogP contribution in [0, 0.1) is 0 Å². The van der Waals surface area contributed by atoms with Gasteiger partial charge in [-0.3, -0.25) is 0 Å². The van der Waals surface area contributed by atoms with E-state index in [0.29, 0.717) is 25.7 Å². The molecule has 4 heteroatoms. The number of carbonyl (C=O) groups excluding carboxylic acids is 1. The van der Waals surface area contributed by atoms with E-state index in [9.17, 15) is 9.18 Å². The van der Waals surface area contributed by atoms with Crippen LogP contribution < -0.4 is 5.32 Å². The van der Waals surface area contributed by atoms with E-state index < -0.39 is 17.9 Å². The van der Waals surface area contributed by atoms with Crippen molar-refractivity contribution in [2.75, 3.05) is 0 Å². The highest BCUT2D eigenvalue weighted by Crippen LogP contribution is 2.21. The van der Waals surface area contributed by atoms with Crippen molar-refractivity contribution < 1.29 is 13.9 Å². The van der Waals surface area contributed by atoms with E-state index in [-0.39, 0.29) is 6.04 Å². The fraction of sp³-hybridized carbons (Fsp3) is 0.909. The third kappa shape index (κ3) is 5.00. The van der Waals surface area contributed by atoms with Crippen molar-refractivity contribution in [3.63, 3.8) is 0 Å². The van der Waals surface area contributed by atoms with Crippen molar-refractivity contribution in [2.45, 2.75) is 64.3 Å². The van der Waals surface area contributed by atoms with Crippen LogP contribution in [0.4, 0.5) is 9.18 Å². The van der Waals surface area contributed by atoms with Gasteiger partial charge in [0.15, 0.2) is 0 Å². The summed E-state index contributed by atoms with van der Waals surface area (Å²) in [5.41, 5.74) is -0.471. The molecule has 1 saturated carbocycles. The Morgan fingerprint density at radius 2 is 1.80 bits per heavy atom. The Morgan fingerprint density at radius 3 is 2.27 bits per heavy atom. The number of hydrogen-bond acceptors (Lipinski definition) is 2. The zero-order chi connectivity index (χ0) is 11.5. The summed E-state index contributed by atoms with van der Waals surface area (Å²) in [4.78, 5) is 11.4. The van der Waals surface area contributed by atoms with Gasteiger partial charge in [0.2, 0.25) is 0 Å². The minimum Gasteiger partial charge on any atom is -0.444 e. The van der Waals surface area contributed by atoms with Crippen LogP contribution in [0.1, 0.15) is 46.5 Å². The summed E-state index contributed by atoms with van der Waals surface area (Å²) in [6.45, 7) is 5.47. The van der Waals surface area contributed by atoms with Crippen LogP contribution in [0.5, 0.6) is 0 Å². The Balaban J connectivity index is 2.27. The lowest BCUT2D eigenvalue weighted by Crippen LogP contribution is -2.41. The van der Waals surface area contributed by atoms with E-state index in [1.54, 1.807) is 0 Å². The number of rotatable bonds is 1. The van der Waals surface area contributed by atoms with Crippen LogP contribution >= 0.6 is 0 Å². The van der Waals surface area contributed by atoms with Crippen molar-refractivity contribution >= 4 is 6.09 Å². The van der Waals surface area contributed by atoms with Crippen LogP contribution in [0.3, 0.4) is 0 Å². The zero-order valence-electron chi connectivity index (χ0n) is 9.68. The number of halogens is 1. The van der Waals surface area contributed by atoms with Crippen LogP contribution in [0.25, 0.3) is 0 Å². The summed E-state index contributed by atoms with van der Waals surface area (Å²) < 4.78 is 17.9. The first kappa shape index (κ1) is 12.3. The maximum Gasteiger partial charge on any atom is 0.407 e. The minimum atomic E-state index is -0.693. The van der Waals surface area contributed by atoms with Crippen molar-refractivity contribution in [2.24, 2.45) is 0 Å². The Labute approximate surface area is 90.4 Å². The van der Waals surface area contributed by atoms with E-state index in [4.69, 9.17) is 4.74 Å². The first-order valence-electron chi connectivity index (χ1n) is 5.50. The molecule has 88 valence electrons. The van der Waals surface area contributed by atoms with Gasteiger partial charge in [-0.05, 0) is 46.5 Å². The quantitative estimate of drug-likeness (QED) is 0.733. The summed E-state index contributed by atoms with van der Waals surface area (Å²) in [7, 11) is 0. The van der Waals surface area contributed by atoms with Crippen LogP contribution in [-0.2, 0) is 4.74 Å². The second-order valence-corrected chi connectivity index (χ2v) is 5.10. The molecule has 0 bridgehead atoms. The number of alkyl halides is 1. The monoisotopic (exact) mass is 217 g/mol. The second kappa shape index (κ2) is 4.81. The SMILES string of the molecule is CC(C)(C)OC(=O)NC1CCC(F)CC1. The Bertz CT molecular complexity index is 217. The Kier molecular flexibility index (Phi) is 3.94. The molecule has 3 nitrogen and oxygen atoms in total. The molecule has 0 atom stereocenters. The number of hydrogen-bond donors (Lipinski definition) is 1. The highest BCUT2D eigenvalue weighted by Gasteiger charge is 2.24. The molecule has 0 radical (unpaired) electrons. The van der Waals surface area contributed by atoms with Gasteiger partial charge in [-0.15, -0.1) is 0 Å². The lowest BCUT2D eigenvalue weighted by Gasteiger charge is -2.27. The molecule has 1 amide bonds. The Morgan fingerprint density at radius 1 is 1.27 bits per heavy atom. The molecule has 1 aliphatic rings. The summed E-state index contributed by atoms with van der Waals surface area (Å²) in [6, 6.07) is 0.0758. The van der Waals surface area contributed by atoms with Gasteiger partial charge in [0.25, 0.3) is 0 Å². The first-order chi connectivity index (χ1) is 6.87. The molecule has 0 aromatic heterocycles. The highest BCUT2D eigenvalue weighted by atomic mass is 19.1. The molecular weight excluding hydrogens is 197 g/mol. The topological polar surface area (TPSA) is 38.3 Å². The third-order valence-corrected chi connectivity index (χ3v) is 2.38. The van der Waals surface area contributed by atoms with Gasteiger partial charge in [-0.1, -0.05) is 0 Å². The molecule has 0 spiro atoms. The first-order valence-corrected chi connectivity index (χ1v) is 5.50. The Hall–Kier alpha value is -0.800. The number of alkyl carbamates (subject to hydrolysis) is 1. The van der Waals surface area contributed by atoms with Crippen molar-refractivity contribution in [1.29, 1.82) is 0 Å². The van der Waals surface area contributed by atoms with Gasteiger partial charge in [0.1, 0.15) is 11.8 Å². The molecule has 0 aromatic carbocycles. The minimum absolute atomic E-state index is 0.0758.